The largest absolute Gasteiger partial charge is 0.289 e. The molecule has 5 nitrogen and oxygen atoms in total. The summed E-state index contributed by atoms with van der Waals surface area (Å²) in [4.78, 5) is 12.4. The second-order valence-corrected chi connectivity index (χ2v) is 8.65. The van der Waals surface area contributed by atoms with Gasteiger partial charge in [0.25, 0.3) is 5.91 Å². The Bertz CT molecular complexity index is 839. The molecule has 1 aliphatic rings. The van der Waals surface area contributed by atoms with Crippen molar-refractivity contribution in [3.8, 4) is 11.1 Å². The summed E-state index contributed by atoms with van der Waals surface area (Å²) < 4.78 is 24.8. The first-order valence-corrected chi connectivity index (χ1v) is 9.84. The van der Waals surface area contributed by atoms with Crippen molar-refractivity contribution in [2.75, 3.05) is 0 Å². The molecule has 0 aromatic heterocycles. The SMILES string of the molecule is O=C(NO)C1(S(=O)(=O)c2ccc(-c3ccccc3)cc2)CCCCC1. The summed E-state index contributed by atoms with van der Waals surface area (Å²) in [5, 5.41) is 9.09. The molecule has 2 N–H and O–H groups in total. The Hall–Kier alpha value is -2.18. The van der Waals surface area contributed by atoms with Crippen LogP contribution in [0, 0.1) is 0 Å². The fourth-order valence-corrected chi connectivity index (χ4v) is 5.59. The molecule has 25 heavy (non-hydrogen) atoms. The topological polar surface area (TPSA) is 83.5 Å². The van der Waals surface area contributed by atoms with Crippen LogP contribution < -0.4 is 5.48 Å². The van der Waals surface area contributed by atoms with Crippen LogP contribution in [-0.2, 0) is 14.6 Å². The molecule has 3 rings (SSSR count). The second kappa shape index (κ2) is 6.98. The van der Waals surface area contributed by atoms with E-state index in [0.717, 1.165) is 17.5 Å². The van der Waals surface area contributed by atoms with Crippen molar-refractivity contribution in [2.24, 2.45) is 0 Å². The number of carbonyl (C=O) groups is 1. The van der Waals surface area contributed by atoms with Gasteiger partial charge in [0, 0.05) is 0 Å². The lowest BCUT2D eigenvalue weighted by atomic mass is 9.88. The van der Waals surface area contributed by atoms with E-state index in [0.29, 0.717) is 12.8 Å². The molecule has 1 aliphatic carbocycles. The van der Waals surface area contributed by atoms with Gasteiger partial charge < -0.3 is 0 Å². The Balaban J connectivity index is 2.00. The van der Waals surface area contributed by atoms with Crippen LogP contribution in [0.5, 0.6) is 0 Å². The summed E-state index contributed by atoms with van der Waals surface area (Å²) in [7, 11) is -3.91. The molecule has 0 spiro atoms. The normalized spacial score (nSPS) is 17.0. The van der Waals surface area contributed by atoms with Gasteiger partial charge in [-0.1, -0.05) is 61.7 Å². The van der Waals surface area contributed by atoms with E-state index >= 15 is 0 Å². The Morgan fingerprint density at radius 1 is 0.880 bits per heavy atom. The molecular weight excluding hydrogens is 338 g/mol. The van der Waals surface area contributed by atoms with Gasteiger partial charge >= 0.3 is 0 Å². The highest BCUT2D eigenvalue weighted by molar-refractivity contribution is 7.93. The first-order chi connectivity index (χ1) is 12.0. The summed E-state index contributed by atoms with van der Waals surface area (Å²) in [5.74, 6) is -0.834. The minimum absolute atomic E-state index is 0.109. The Morgan fingerprint density at radius 2 is 1.44 bits per heavy atom. The minimum Gasteiger partial charge on any atom is -0.289 e. The van der Waals surface area contributed by atoms with E-state index in [1.165, 1.54) is 0 Å². The molecule has 0 saturated heterocycles. The Morgan fingerprint density at radius 3 is 2.00 bits per heavy atom. The van der Waals surface area contributed by atoms with E-state index in [1.807, 2.05) is 30.3 Å². The highest BCUT2D eigenvalue weighted by Crippen LogP contribution is 2.39. The lowest BCUT2D eigenvalue weighted by Gasteiger charge is -2.34. The molecule has 2 aromatic rings. The molecule has 1 fully saturated rings. The second-order valence-electron chi connectivity index (χ2n) is 6.39. The fourth-order valence-electron chi connectivity index (χ4n) is 3.53. The average Bonchev–Trinajstić information content (AvgIpc) is 2.68. The van der Waals surface area contributed by atoms with Crippen LogP contribution in [0.25, 0.3) is 11.1 Å². The van der Waals surface area contributed by atoms with Crippen LogP contribution in [0.4, 0.5) is 0 Å². The molecule has 1 saturated carbocycles. The number of hydrogen-bond acceptors (Lipinski definition) is 4. The van der Waals surface area contributed by atoms with E-state index in [-0.39, 0.29) is 17.7 Å². The summed E-state index contributed by atoms with van der Waals surface area (Å²) >= 11 is 0. The third-order valence-corrected chi connectivity index (χ3v) is 7.48. The fraction of sp³-hybridized carbons (Fsp3) is 0.316. The lowest BCUT2D eigenvalue weighted by molar-refractivity contribution is -0.132. The average molecular weight is 359 g/mol. The minimum atomic E-state index is -3.91. The van der Waals surface area contributed by atoms with Crippen molar-refractivity contribution < 1.29 is 18.4 Å². The molecule has 6 heteroatoms. The van der Waals surface area contributed by atoms with E-state index in [2.05, 4.69) is 0 Å². The van der Waals surface area contributed by atoms with Crippen LogP contribution in [0.1, 0.15) is 32.1 Å². The third-order valence-electron chi connectivity index (χ3n) is 4.96. The number of benzene rings is 2. The number of sulfone groups is 1. The zero-order chi connectivity index (χ0) is 17.9. The van der Waals surface area contributed by atoms with Crippen molar-refractivity contribution in [3.05, 3.63) is 54.6 Å². The van der Waals surface area contributed by atoms with E-state index in [9.17, 15) is 13.2 Å². The lowest BCUT2D eigenvalue weighted by Crippen LogP contribution is -2.52. The van der Waals surface area contributed by atoms with Crippen LogP contribution in [0.2, 0.25) is 0 Å². The summed E-state index contributed by atoms with van der Waals surface area (Å²) in [6.45, 7) is 0. The molecule has 0 bridgehead atoms. The number of hydroxylamine groups is 1. The number of amides is 1. The van der Waals surface area contributed by atoms with Crippen molar-refractivity contribution in [1.29, 1.82) is 0 Å². The third kappa shape index (κ3) is 3.07. The summed E-state index contributed by atoms with van der Waals surface area (Å²) in [6.07, 6.45) is 2.64. The number of rotatable bonds is 4. The van der Waals surface area contributed by atoms with Gasteiger partial charge in [0.2, 0.25) is 0 Å². The first-order valence-electron chi connectivity index (χ1n) is 8.36. The maximum absolute atomic E-state index is 13.2. The summed E-state index contributed by atoms with van der Waals surface area (Å²) in [6, 6.07) is 16.2. The quantitative estimate of drug-likeness (QED) is 0.648. The van der Waals surface area contributed by atoms with Crippen LogP contribution >= 0.6 is 0 Å². The predicted octanol–water partition coefficient (Wildman–Crippen LogP) is 3.34. The van der Waals surface area contributed by atoms with Crippen LogP contribution in [0.15, 0.2) is 59.5 Å². The van der Waals surface area contributed by atoms with Gasteiger partial charge in [0.1, 0.15) is 0 Å². The molecular formula is C19H21NO4S. The van der Waals surface area contributed by atoms with E-state index in [4.69, 9.17) is 5.21 Å². The van der Waals surface area contributed by atoms with E-state index in [1.54, 1.807) is 29.7 Å². The molecule has 0 atom stereocenters. The molecule has 1 amide bonds. The maximum atomic E-state index is 13.2. The smallest absolute Gasteiger partial charge is 0.265 e. The van der Waals surface area contributed by atoms with Crippen LogP contribution in [0.3, 0.4) is 0 Å². The van der Waals surface area contributed by atoms with Crippen molar-refractivity contribution in [1.82, 2.24) is 5.48 Å². The highest BCUT2D eigenvalue weighted by atomic mass is 32.2. The summed E-state index contributed by atoms with van der Waals surface area (Å²) in [5.41, 5.74) is 3.47. The zero-order valence-corrected chi connectivity index (χ0v) is 14.6. The first kappa shape index (κ1) is 17.6. The van der Waals surface area contributed by atoms with Gasteiger partial charge in [-0.15, -0.1) is 0 Å². The molecule has 0 radical (unpaired) electrons. The van der Waals surface area contributed by atoms with Crippen LogP contribution in [-0.4, -0.2) is 24.3 Å². The maximum Gasteiger partial charge on any atom is 0.265 e. The van der Waals surface area contributed by atoms with Crippen molar-refractivity contribution in [3.63, 3.8) is 0 Å². The molecule has 0 unspecified atom stereocenters. The molecule has 0 aliphatic heterocycles. The molecule has 132 valence electrons. The predicted molar refractivity (Wildman–Crippen MR) is 94.8 cm³/mol. The van der Waals surface area contributed by atoms with Gasteiger partial charge in [0.05, 0.1) is 4.90 Å². The van der Waals surface area contributed by atoms with E-state index < -0.39 is 20.5 Å². The van der Waals surface area contributed by atoms with Gasteiger partial charge in [-0.25, -0.2) is 13.9 Å². The van der Waals surface area contributed by atoms with Crippen molar-refractivity contribution >= 4 is 15.7 Å². The monoisotopic (exact) mass is 359 g/mol. The standard InChI is InChI=1S/C19H21NO4S/c21-18(20-22)19(13-5-2-6-14-19)25(23,24)17-11-9-16(10-12-17)15-7-3-1-4-8-15/h1,3-4,7-12,22H,2,5-6,13-14H2,(H,20,21). The number of hydrogen-bond donors (Lipinski definition) is 2. The van der Waals surface area contributed by atoms with Gasteiger partial charge in [0.15, 0.2) is 14.6 Å². The molecule has 0 heterocycles. The Labute approximate surface area is 147 Å². The number of nitrogens with one attached hydrogen (secondary N) is 1. The van der Waals surface area contributed by atoms with Gasteiger partial charge in [-0.3, -0.25) is 10.0 Å². The van der Waals surface area contributed by atoms with Crippen molar-refractivity contribution in [2.45, 2.75) is 41.7 Å². The van der Waals surface area contributed by atoms with Gasteiger partial charge in [-0.05, 0) is 36.1 Å². The zero-order valence-electron chi connectivity index (χ0n) is 13.8. The number of carbonyl (C=O) groups excluding carboxylic acids is 1. The Kier molecular flexibility index (Phi) is 4.92. The highest BCUT2D eigenvalue weighted by Gasteiger charge is 2.51. The van der Waals surface area contributed by atoms with Gasteiger partial charge in [-0.2, -0.15) is 0 Å². The molecule has 2 aromatic carbocycles.